The molecule has 1 heterocycles. The molecule has 3 N–H and O–H groups in total. The van der Waals surface area contributed by atoms with Gasteiger partial charge in [-0.05, 0) is 51.1 Å². The lowest BCUT2D eigenvalue weighted by Crippen LogP contribution is -2.49. The number of amides is 2. The minimum atomic E-state index is -4.31. The van der Waals surface area contributed by atoms with Crippen molar-refractivity contribution in [2.75, 3.05) is 23.3 Å². The van der Waals surface area contributed by atoms with Gasteiger partial charge in [0.05, 0.1) is 24.2 Å². The smallest absolute Gasteiger partial charge is 0.412 e. The number of halogens is 1. The molecule has 33 heavy (non-hydrogen) atoms. The Hall–Kier alpha value is -3.54. The molecule has 3 rings (SSSR count). The van der Waals surface area contributed by atoms with Gasteiger partial charge in [-0.25, -0.2) is 17.6 Å². The normalized spacial score (nSPS) is 15.8. The summed E-state index contributed by atoms with van der Waals surface area (Å²) in [7, 11) is -3.11. The number of ether oxygens (including phenoxy) is 3. The fraction of sp³-hybridized carbons (Fsp3) is 0.333. The zero-order valence-corrected chi connectivity index (χ0v) is 19.2. The number of hydrogen-bond acceptors (Lipinski definition) is 7. The Bertz CT molecular complexity index is 1190. The lowest BCUT2D eigenvalue weighted by atomic mass is 10.2. The SMILES string of the molecule is COc1cc(S(=O)(=O)N2CC(C(N)=O)Oc3ccc(NC(=O)OC(C)(C)C)cc32)ccc1F. The van der Waals surface area contributed by atoms with Gasteiger partial charge < -0.3 is 19.9 Å². The minimum Gasteiger partial charge on any atom is -0.494 e. The second kappa shape index (κ2) is 8.77. The van der Waals surface area contributed by atoms with Crippen molar-refractivity contribution in [3.63, 3.8) is 0 Å². The molecule has 1 unspecified atom stereocenters. The van der Waals surface area contributed by atoms with Crippen LogP contribution in [0.15, 0.2) is 41.3 Å². The Labute approximate surface area is 190 Å². The second-order valence-electron chi connectivity index (χ2n) is 8.15. The first kappa shape index (κ1) is 24.1. The lowest BCUT2D eigenvalue weighted by Gasteiger charge is -2.34. The van der Waals surface area contributed by atoms with E-state index < -0.39 is 46.1 Å². The molecular formula is C21H24FN3O7S. The van der Waals surface area contributed by atoms with Gasteiger partial charge in [-0.1, -0.05) is 0 Å². The van der Waals surface area contributed by atoms with E-state index in [0.717, 1.165) is 22.5 Å². The summed E-state index contributed by atoms with van der Waals surface area (Å²) in [5.41, 5.74) is 4.89. The lowest BCUT2D eigenvalue weighted by molar-refractivity contribution is -0.124. The van der Waals surface area contributed by atoms with Crippen molar-refractivity contribution in [3.05, 3.63) is 42.2 Å². The van der Waals surface area contributed by atoms with Crippen LogP contribution in [0.5, 0.6) is 11.5 Å². The molecule has 0 bridgehead atoms. The summed E-state index contributed by atoms with van der Waals surface area (Å²) in [6.45, 7) is 4.66. The summed E-state index contributed by atoms with van der Waals surface area (Å²) >= 11 is 0. The first-order valence-corrected chi connectivity index (χ1v) is 11.2. The predicted molar refractivity (Wildman–Crippen MR) is 117 cm³/mol. The van der Waals surface area contributed by atoms with Crippen LogP contribution >= 0.6 is 0 Å². The standard InChI is InChI=1S/C21H24FN3O7S/c1-21(2,3)32-20(27)24-12-5-8-16-15(9-12)25(11-18(31-16)19(23)26)33(28,29)13-6-7-14(22)17(10-13)30-4/h5-10,18H,11H2,1-4H3,(H2,23,26)(H,24,27). The van der Waals surface area contributed by atoms with Crippen LogP contribution in [0.3, 0.4) is 0 Å². The average molecular weight is 482 g/mol. The largest absolute Gasteiger partial charge is 0.494 e. The predicted octanol–water partition coefficient (Wildman–Crippen LogP) is 2.62. The Kier molecular flexibility index (Phi) is 6.41. The van der Waals surface area contributed by atoms with Crippen LogP contribution in [-0.4, -0.2) is 45.8 Å². The number of nitrogens with one attached hydrogen (secondary N) is 1. The maximum absolute atomic E-state index is 13.8. The van der Waals surface area contributed by atoms with E-state index in [1.54, 1.807) is 20.8 Å². The summed E-state index contributed by atoms with van der Waals surface area (Å²) in [4.78, 5) is 23.7. The third-order valence-corrected chi connectivity index (χ3v) is 6.28. The number of sulfonamides is 1. The van der Waals surface area contributed by atoms with E-state index in [4.69, 9.17) is 19.9 Å². The fourth-order valence-electron chi connectivity index (χ4n) is 3.05. The van der Waals surface area contributed by atoms with Gasteiger partial charge >= 0.3 is 6.09 Å². The molecule has 0 spiro atoms. The second-order valence-corrected chi connectivity index (χ2v) is 10.0. The van der Waals surface area contributed by atoms with Crippen LogP contribution in [-0.2, 0) is 19.6 Å². The molecule has 2 aromatic carbocycles. The van der Waals surface area contributed by atoms with Crippen LogP contribution in [0.2, 0.25) is 0 Å². The van der Waals surface area contributed by atoms with Gasteiger partial charge in [-0.3, -0.25) is 14.4 Å². The fourth-order valence-corrected chi connectivity index (χ4v) is 4.54. The molecule has 0 radical (unpaired) electrons. The van der Waals surface area contributed by atoms with Crippen molar-refractivity contribution in [1.82, 2.24) is 0 Å². The van der Waals surface area contributed by atoms with Crippen molar-refractivity contribution in [3.8, 4) is 11.5 Å². The van der Waals surface area contributed by atoms with Gasteiger partial charge in [0.2, 0.25) is 0 Å². The Morgan fingerprint density at radius 2 is 1.91 bits per heavy atom. The van der Waals surface area contributed by atoms with Crippen LogP contribution in [0.25, 0.3) is 0 Å². The number of nitrogens with zero attached hydrogens (tertiary/aromatic N) is 1. The molecule has 2 amide bonds. The van der Waals surface area contributed by atoms with Crippen LogP contribution in [0.1, 0.15) is 20.8 Å². The van der Waals surface area contributed by atoms with Crippen LogP contribution < -0.4 is 24.8 Å². The summed E-state index contributed by atoms with van der Waals surface area (Å²) in [6.07, 6.45) is -2.01. The molecule has 0 saturated carbocycles. The van der Waals surface area contributed by atoms with E-state index in [0.29, 0.717) is 0 Å². The summed E-state index contributed by atoms with van der Waals surface area (Å²) in [5.74, 6) is -1.82. The molecule has 178 valence electrons. The topological polar surface area (TPSA) is 137 Å². The highest BCUT2D eigenvalue weighted by Gasteiger charge is 2.37. The van der Waals surface area contributed by atoms with Gasteiger partial charge in [-0.2, -0.15) is 0 Å². The van der Waals surface area contributed by atoms with Crippen molar-refractivity contribution in [2.45, 2.75) is 37.4 Å². The summed E-state index contributed by atoms with van der Waals surface area (Å²) in [6, 6.07) is 7.27. The number of fused-ring (bicyclic) bond motifs is 1. The molecule has 2 aromatic rings. The molecule has 1 aliphatic heterocycles. The zero-order chi connectivity index (χ0) is 24.6. The Balaban J connectivity index is 2.04. The number of nitrogens with two attached hydrogens (primary N) is 1. The monoisotopic (exact) mass is 481 g/mol. The highest BCUT2D eigenvalue weighted by Crippen LogP contribution is 2.39. The number of hydrogen-bond donors (Lipinski definition) is 2. The molecule has 1 atom stereocenters. The number of rotatable bonds is 5. The quantitative estimate of drug-likeness (QED) is 0.670. The number of benzene rings is 2. The van der Waals surface area contributed by atoms with E-state index in [1.807, 2.05) is 0 Å². The molecule has 1 aliphatic rings. The van der Waals surface area contributed by atoms with Crippen molar-refractivity contribution in [2.24, 2.45) is 5.73 Å². The molecule has 12 heteroatoms. The molecule has 0 fully saturated rings. The highest BCUT2D eigenvalue weighted by atomic mass is 32.2. The summed E-state index contributed by atoms with van der Waals surface area (Å²) in [5, 5.41) is 2.52. The third kappa shape index (κ3) is 5.28. The van der Waals surface area contributed by atoms with Crippen LogP contribution in [0.4, 0.5) is 20.6 Å². The van der Waals surface area contributed by atoms with Crippen molar-refractivity contribution < 1.29 is 36.6 Å². The van der Waals surface area contributed by atoms with Gasteiger partial charge in [0.1, 0.15) is 11.4 Å². The van der Waals surface area contributed by atoms with Gasteiger partial charge in [0, 0.05) is 11.8 Å². The maximum Gasteiger partial charge on any atom is 0.412 e. The summed E-state index contributed by atoms with van der Waals surface area (Å²) < 4.78 is 57.3. The molecule has 0 aromatic heterocycles. The Morgan fingerprint density at radius 3 is 2.52 bits per heavy atom. The third-order valence-electron chi connectivity index (χ3n) is 4.50. The van der Waals surface area contributed by atoms with Crippen molar-refractivity contribution >= 4 is 33.4 Å². The molecular weight excluding hydrogens is 457 g/mol. The van der Waals surface area contributed by atoms with E-state index in [9.17, 15) is 22.4 Å². The highest BCUT2D eigenvalue weighted by molar-refractivity contribution is 7.92. The Morgan fingerprint density at radius 1 is 1.21 bits per heavy atom. The average Bonchev–Trinajstić information content (AvgIpc) is 2.71. The zero-order valence-electron chi connectivity index (χ0n) is 18.4. The molecule has 0 saturated heterocycles. The maximum atomic E-state index is 13.8. The number of carbonyl (C=O) groups is 2. The first-order valence-electron chi connectivity index (χ1n) is 9.78. The van der Waals surface area contributed by atoms with Crippen molar-refractivity contribution in [1.29, 1.82) is 0 Å². The number of primary amides is 1. The van der Waals surface area contributed by atoms with Gasteiger partial charge in [-0.15, -0.1) is 0 Å². The number of methoxy groups -OCH3 is 1. The van der Waals surface area contributed by atoms with E-state index >= 15 is 0 Å². The molecule has 0 aliphatic carbocycles. The first-order chi connectivity index (χ1) is 15.3. The van der Waals surface area contributed by atoms with E-state index in [1.165, 1.54) is 25.3 Å². The van der Waals surface area contributed by atoms with E-state index in [2.05, 4.69) is 5.32 Å². The number of carbonyl (C=O) groups excluding carboxylic acids is 2. The van der Waals surface area contributed by atoms with Gasteiger partial charge in [0.25, 0.3) is 15.9 Å². The van der Waals surface area contributed by atoms with Crippen LogP contribution in [0, 0.1) is 5.82 Å². The van der Waals surface area contributed by atoms with E-state index in [-0.39, 0.29) is 27.8 Å². The van der Waals surface area contributed by atoms with Gasteiger partial charge in [0.15, 0.2) is 17.7 Å². The number of anilines is 2. The molecule has 10 nitrogen and oxygen atoms in total. The minimum absolute atomic E-state index is 0.0457.